The summed E-state index contributed by atoms with van der Waals surface area (Å²) < 4.78 is 137. The normalized spacial score (nSPS) is 11.5. The smallest absolute Gasteiger partial charge is 0.273 e. The molecule has 0 fully saturated rings. The summed E-state index contributed by atoms with van der Waals surface area (Å²) in [6, 6.07) is 5.72. The van der Waals surface area contributed by atoms with Crippen LogP contribution >= 0.6 is 0 Å². The predicted octanol–water partition coefficient (Wildman–Crippen LogP) is 4.26. The summed E-state index contributed by atoms with van der Waals surface area (Å²) in [5.41, 5.74) is 0. The standard InChI is InChI=1S/2C5H2F6O2.C5H5N.Cu/c2*6-4(7,8)2(12)1-3(13)5(9,10)11;1-2-4-6-5-3-1;/h2*1H2;1-5H;/p+4. The molecule has 1 aromatic heterocycles. The number of nitrogens with zero attached hydrogens (tertiary/aromatic N) is 1. The molecule has 0 bridgehead atoms. The molecule has 1 rings (SSSR count). The van der Waals surface area contributed by atoms with E-state index in [1.54, 1.807) is 12.4 Å². The first-order valence-corrected chi connectivity index (χ1v) is 7.43. The van der Waals surface area contributed by atoms with Gasteiger partial charge in [0.15, 0.2) is 12.8 Å². The Labute approximate surface area is 186 Å². The monoisotopic (exact) mass is 562 g/mol. The summed E-state index contributed by atoms with van der Waals surface area (Å²) in [7, 11) is 0. The third-order valence-corrected chi connectivity index (χ3v) is 2.55. The summed E-state index contributed by atoms with van der Waals surface area (Å²) in [6.45, 7) is 0. The Balaban J connectivity index is -0.000000427. The van der Waals surface area contributed by atoms with Crippen LogP contribution < -0.4 is 0 Å². The van der Waals surface area contributed by atoms with Gasteiger partial charge in [-0.2, -0.15) is 52.7 Å². The van der Waals surface area contributed by atoms with E-state index in [0.29, 0.717) is 0 Å². The molecule has 1 radical (unpaired) electrons. The van der Waals surface area contributed by atoms with E-state index in [9.17, 15) is 52.7 Å². The van der Waals surface area contributed by atoms with E-state index in [-0.39, 0.29) is 17.1 Å². The van der Waals surface area contributed by atoms with E-state index >= 15 is 0 Å². The Hall–Kier alpha value is -2.49. The fraction of sp³-hybridized carbons (Fsp3) is 0.400. The van der Waals surface area contributed by atoms with Crippen LogP contribution in [0.1, 0.15) is 12.8 Å². The Morgan fingerprint density at radius 2 is 0.697 bits per heavy atom. The van der Waals surface area contributed by atoms with Crippen LogP contribution in [-0.4, -0.2) is 72.0 Å². The van der Waals surface area contributed by atoms with Gasteiger partial charge in [-0.25, -0.2) is 0 Å². The third kappa shape index (κ3) is 17.7. The van der Waals surface area contributed by atoms with Crippen molar-refractivity contribution in [2.75, 3.05) is 0 Å². The number of rotatable bonds is 4. The molecular weight excluding hydrogens is 550 g/mol. The molecule has 18 heteroatoms. The number of alkyl halides is 12. The minimum Gasteiger partial charge on any atom is -0.273 e. The molecule has 0 spiro atoms. The van der Waals surface area contributed by atoms with Gasteiger partial charge in [-0.3, -0.25) is 24.2 Å². The van der Waals surface area contributed by atoms with Gasteiger partial charge in [-0.05, 0) is 12.1 Å². The molecule has 1 heterocycles. The molecule has 5 nitrogen and oxygen atoms in total. The van der Waals surface area contributed by atoms with Gasteiger partial charge in [0.1, 0.15) is 0 Å². The van der Waals surface area contributed by atoms with Gasteiger partial charge in [0.2, 0.25) is 0 Å². The summed E-state index contributed by atoms with van der Waals surface area (Å²) in [5, 5.41) is 0. The van der Waals surface area contributed by atoms with Crippen molar-refractivity contribution in [3.8, 4) is 0 Å². The van der Waals surface area contributed by atoms with E-state index in [1.165, 1.54) is 0 Å². The van der Waals surface area contributed by atoms with Crippen LogP contribution in [0.2, 0.25) is 0 Å². The number of aromatic nitrogens is 1. The van der Waals surface area contributed by atoms with E-state index in [2.05, 4.69) is 4.98 Å². The van der Waals surface area contributed by atoms with Gasteiger partial charge in [-0.15, -0.1) is 0 Å². The first-order valence-electron chi connectivity index (χ1n) is 7.43. The number of ketones is 4. The van der Waals surface area contributed by atoms with Gasteiger partial charge in [0.25, 0.3) is 0 Å². The Morgan fingerprint density at radius 1 is 0.485 bits per heavy atom. The van der Waals surface area contributed by atoms with E-state index in [0.717, 1.165) is 0 Å². The van der Waals surface area contributed by atoms with Crippen molar-refractivity contribution in [1.29, 1.82) is 0 Å². The topological polar surface area (TPSA) is 98.5 Å². The number of carbonyl (C=O) groups excluding carboxylic acids is 4. The molecule has 0 aliphatic heterocycles. The Morgan fingerprint density at radius 3 is 0.788 bits per heavy atom. The molecule has 0 aliphatic rings. The van der Waals surface area contributed by atoms with Crippen LogP contribution in [0, 0.1) is 0 Å². The average Bonchev–Trinajstić information content (AvgIpc) is 2.61. The van der Waals surface area contributed by atoms with Crippen LogP contribution in [0.15, 0.2) is 30.6 Å². The predicted molar refractivity (Wildman–Crippen MR) is 85.5 cm³/mol. The van der Waals surface area contributed by atoms with Gasteiger partial charge in [-0.1, -0.05) is 6.07 Å². The van der Waals surface area contributed by atoms with Crippen LogP contribution in [0.3, 0.4) is 0 Å². The second-order valence-corrected chi connectivity index (χ2v) is 5.16. The summed E-state index contributed by atoms with van der Waals surface area (Å²) >= 11 is 0. The molecule has 1 aromatic rings. The second kappa shape index (κ2) is 13.9. The van der Waals surface area contributed by atoms with Crippen molar-refractivity contribution in [3.05, 3.63) is 30.6 Å². The molecule has 33 heavy (non-hydrogen) atoms. The minimum atomic E-state index is -5.25. The number of pyridine rings is 1. The Bertz CT molecular complexity index is 646. The van der Waals surface area contributed by atoms with Crippen molar-refractivity contribution in [2.45, 2.75) is 37.5 Å². The van der Waals surface area contributed by atoms with E-state index in [4.69, 9.17) is 19.2 Å². The number of halogens is 12. The molecule has 0 amide bonds. The van der Waals surface area contributed by atoms with Gasteiger partial charge >= 0.3 is 47.8 Å². The third-order valence-electron chi connectivity index (χ3n) is 2.55. The fourth-order valence-electron chi connectivity index (χ4n) is 1.03. The summed E-state index contributed by atoms with van der Waals surface area (Å²) in [4.78, 5) is 35.9. The maximum absolute atomic E-state index is 11.4. The molecule has 0 unspecified atom stereocenters. The van der Waals surface area contributed by atoms with Gasteiger partial charge in [0, 0.05) is 29.5 Å². The molecule has 0 atom stereocenters. The molecule has 193 valence electrons. The molecule has 0 aromatic carbocycles. The summed E-state index contributed by atoms with van der Waals surface area (Å²) in [5.74, 6) is -9.55. The van der Waals surface area contributed by atoms with Crippen molar-refractivity contribution in [3.63, 3.8) is 0 Å². The van der Waals surface area contributed by atoms with Gasteiger partial charge < -0.3 is 0 Å². The average molecular weight is 563 g/mol. The maximum atomic E-state index is 11.4. The van der Waals surface area contributed by atoms with Crippen LogP contribution in [0.5, 0.6) is 0 Å². The van der Waals surface area contributed by atoms with E-state index in [1.807, 2.05) is 18.2 Å². The van der Waals surface area contributed by atoms with Crippen LogP contribution in [0.25, 0.3) is 0 Å². The minimum absolute atomic E-state index is 0. The maximum Gasteiger partial charge on any atom is 0.505 e. The fourth-order valence-corrected chi connectivity index (χ4v) is 1.03. The zero-order valence-corrected chi connectivity index (χ0v) is 16.3. The largest absolute Gasteiger partial charge is 0.505 e. The van der Waals surface area contributed by atoms with E-state index < -0.39 is 60.7 Å². The number of hydrogen-bond donors (Lipinski definition) is 0. The quantitative estimate of drug-likeness (QED) is 0.233. The first kappa shape index (κ1) is 35.1. The van der Waals surface area contributed by atoms with Crippen molar-refractivity contribution in [1.82, 2.24) is 4.98 Å². The van der Waals surface area contributed by atoms with Crippen LogP contribution in [0.4, 0.5) is 52.7 Å². The zero-order valence-electron chi connectivity index (χ0n) is 15.4. The zero-order chi connectivity index (χ0) is 26.0. The van der Waals surface area contributed by atoms with Crippen molar-refractivity contribution in [2.24, 2.45) is 0 Å². The Kier molecular flexibility index (Phi) is 14.8. The second-order valence-electron chi connectivity index (χ2n) is 5.16. The van der Waals surface area contributed by atoms with Crippen molar-refractivity contribution < 1.29 is 88.9 Å². The molecule has 0 aliphatic carbocycles. The molecular formula is C15H13CuF12NO4+4. The summed E-state index contributed by atoms with van der Waals surface area (Å²) in [6.07, 6.45) is -21.4. The molecule has 0 saturated heterocycles. The SMILES string of the molecule is [Cu].[OH+]=C(CC(=[OH+])C(F)(F)F)C(F)(F)F.[OH+]=C(CC(=[OH+])C(F)(F)F)C(F)(F)F.c1ccncc1. The molecule has 4 N–H and O–H groups in total. The van der Waals surface area contributed by atoms with Crippen molar-refractivity contribution >= 4 is 23.1 Å². The molecule has 0 saturated carbocycles. The van der Waals surface area contributed by atoms with Gasteiger partial charge in [0.05, 0.1) is 0 Å². The van der Waals surface area contributed by atoms with Crippen LogP contribution in [-0.2, 0) is 17.1 Å². The number of hydrogen-bond acceptors (Lipinski definition) is 1. The first-order chi connectivity index (χ1) is 14.1.